The predicted molar refractivity (Wildman–Crippen MR) is 90.8 cm³/mol. The van der Waals surface area contributed by atoms with E-state index in [1.165, 1.54) is 14.2 Å². The molecule has 0 fully saturated rings. The number of ketones is 1. The first-order valence-corrected chi connectivity index (χ1v) is 7.27. The zero-order chi connectivity index (χ0) is 17.1. The Bertz CT molecular complexity index is 892. The Balaban J connectivity index is 1.86. The number of ether oxygens (including phenoxy) is 2. The Morgan fingerprint density at radius 3 is 2.33 bits per heavy atom. The van der Waals surface area contributed by atoms with Crippen LogP contribution < -0.4 is 14.8 Å². The molecule has 6 nitrogen and oxygen atoms in total. The van der Waals surface area contributed by atoms with E-state index in [-0.39, 0.29) is 0 Å². The van der Waals surface area contributed by atoms with Crippen LogP contribution in [0.15, 0.2) is 48.7 Å². The minimum Gasteiger partial charge on any atom is -0.497 e. The van der Waals surface area contributed by atoms with E-state index in [0.29, 0.717) is 28.1 Å². The molecule has 0 saturated carbocycles. The highest BCUT2D eigenvalue weighted by Gasteiger charge is 2.20. The van der Waals surface area contributed by atoms with Crippen LogP contribution in [0.1, 0.15) is 10.4 Å². The van der Waals surface area contributed by atoms with E-state index in [9.17, 15) is 9.59 Å². The smallest absolute Gasteiger partial charge is 0.296 e. The largest absolute Gasteiger partial charge is 0.497 e. The number of methoxy groups -OCH3 is 2. The molecule has 3 aromatic rings. The van der Waals surface area contributed by atoms with E-state index in [2.05, 4.69) is 10.3 Å². The number of nitrogens with one attached hydrogen (secondary N) is 2. The van der Waals surface area contributed by atoms with Gasteiger partial charge in [0.15, 0.2) is 0 Å². The molecule has 0 bridgehead atoms. The van der Waals surface area contributed by atoms with Crippen molar-refractivity contribution in [3.8, 4) is 11.5 Å². The summed E-state index contributed by atoms with van der Waals surface area (Å²) in [5.74, 6) is -0.308. The van der Waals surface area contributed by atoms with Crippen molar-refractivity contribution in [1.29, 1.82) is 0 Å². The average molecular weight is 324 g/mol. The van der Waals surface area contributed by atoms with Gasteiger partial charge in [-0.2, -0.15) is 0 Å². The number of Topliss-reactive ketones (excluding diaryl/α,β-unsaturated/α-hetero) is 1. The maximum Gasteiger partial charge on any atom is 0.296 e. The predicted octanol–water partition coefficient (Wildman–Crippen LogP) is 3.01. The van der Waals surface area contributed by atoms with Gasteiger partial charge in [0.1, 0.15) is 11.5 Å². The SMILES string of the molecule is COc1cc(NC(=O)C(=O)c2c[nH]c3ccccc23)cc(OC)c1. The summed E-state index contributed by atoms with van der Waals surface area (Å²) >= 11 is 0. The lowest BCUT2D eigenvalue weighted by Crippen LogP contribution is -2.22. The van der Waals surface area contributed by atoms with E-state index in [1.54, 1.807) is 30.5 Å². The summed E-state index contributed by atoms with van der Waals surface area (Å²) in [5, 5.41) is 3.29. The van der Waals surface area contributed by atoms with Gasteiger partial charge in [0.2, 0.25) is 0 Å². The van der Waals surface area contributed by atoms with Gasteiger partial charge in [-0.25, -0.2) is 0 Å². The quantitative estimate of drug-likeness (QED) is 0.558. The number of aromatic nitrogens is 1. The van der Waals surface area contributed by atoms with Crippen molar-refractivity contribution in [3.63, 3.8) is 0 Å². The third kappa shape index (κ3) is 2.94. The van der Waals surface area contributed by atoms with Crippen molar-refractivity contribution in [2.75, 3.05) is 19.5 Å². The zero-order valence-electron chi connectivity index (χ0n) is 13.3. The summed E-state index contributed by atoms with van der Waals surface area (Å²) < 4.78 is 10.3. The van der Waals surface area contributed by atoms with E-state index in [4.69, 9.17) is 9.47 Å². The van der Waals surface area contributed by atoms with Crippen molar-refractivity contribution in [2.24, 2.45) is 0 Å². The van der Waals surface area contributed by atoms with Gasteiger partial charge in [-0.1, -0.05) is 18.2 Å². The number of carbonyl (C=O) groups excluding carboxylic acids is 2. The summed E-state index contributed by atoms with van der Waals surface area (Å²) in [6.07, 6.45) is 1.54. The molecule has 122 valence electrons. The Kier molecular flexibility index (Phi) is 4.20. The van der Waals surface area contributed by atoms with Gasteiger partial charge in [0.05, 0.1) is 19.8 Å². The van der Waals surface area contributed by atoms with Crippen molar-refractivity contribution in [3.05, 3.63) is 54.2 Å². The second-order valence-corrected chi connectivity index (χ2v) is 5.13. The summed E-state index contributed by atoms with van der Waals surface area (Å²) in [4.78, 5) is 27.7. The van der Waals surface area contributed by atoms with E-state index >= 15 is 0 Å². The number of hydrogen-bond acceptors (Lipinski definition) is 4. The van der Waals surface area contributed by atoms with Gasteiger partial charge in [-0.3, -0.25) is 9.59 Å². The Labute approximate surface area is 138 Å². The molecule has 2 N–H and O–H groups in total. The number of hydrogen-bond donors (Lipinski definition) is 2. The Hall–Kier alpha value is -3.28. The number of fused-ring (bicyclic) bond motifs is 1. The van der Waals surface area contributed by atoms with Gasteiger partial charge >= 0.3 is 0 Å². The molecule has 24 heavy (non-hydrogen) atoms. The third-order valence-electron chi connectivity index (χ3n) is 3.65. The lowest BCUT2D eigenvalue weighted by atomic mass is 10.1. The highest BCUT2D eigenvalue weighted by Crippen LogP contribution is 2.26. The molecule has 0 saturated heterocycles. The number of anilines is 1. The van der Waals surface area contributed by atoms with Gasteiger partial charge in [0.25, 0.3) is 11.7 Å². The topological polar surface area (TPSA) is 80.4 Å². The van der Waals surface area contributed by atoms with Crippen LogP contribution in [-0.4, -0.2) is 30.9 Å². The van der Waals surface area contributed by atoms with Gasteiger partial charge in [-0.05, 0) is 6.07 Å². The fourth-order valence-electron chi connectivity index (χ4n) is 2.45. The minimum atomic E-state index is -0.727. The van der Waals surface area contributed by atoms with Gasteiger partial charge in [0, 0.05) is 41.0 Å². The van der Waals surface area contributed by atoms with E-state index < -0.39 is 11.7 Å². The number of para-hydroxylation sites is 1. The Morgan fingerprint density at radius 2 is 1.67 bits per heavy atom. The highest BCUT2D eigenvalue weighted by atomic mass is 16.5. The van der Waals surface area contributed by atoms with Crippen LogP contribution in [0.5, 0.6) is 11.5 Å². The molecule has 0 radical (unpaired) electrons. The summed E-state index contributed by atoms with van der Waals surface area (Å²) in [6, 6.07) is 12.2. The monoisotopic (exact) mass is 324 g/mol. The Morgan fingerprint density at radius 1 is 1.00 bits per heavy atom. The molecule has 1 aromatic heterocycles. The second-order valence-electron chi connectivity index (χ2n) is 5.13. The van der Waals surface area contributed by atoms with Gasteiger partial charge in [-0.15, -0.1) is 0 Å². The highest BCUT2D eigenvalue weighted by molar-refractivity contribution is 6.48. The van der Waals surface area contributed by atoms with Crippen LogP contribution in [0.3, 0.4) is 0 Å². The van der Waals surface area contributed by atoms with Gasteiger partial charge < -0.3 is 19.8 Å². The second kappa shape index (κ2) is 6.45. The summed E-state index contributed by atoms with van der Waals surface area (Å²) in [5.41, 5.74) is 1.55. The van der Waals surface area contributed by atoms with Crippen LogP contribution >= 0.6 is 0 Å². The maximum atomic E-state index is 12.4. The minimum absolute atomic E-state index is 0.331. The fourth-order valence-corrected chi connectivity index (χ4v) is 2.45. The average Bonchev–Trinajstić information content (AvgIpc) is 3.04. The molecule has 6 heteroatoms. The first-order valence-electron chi connectivity index (χ1n) is 7.27. The molecular weight excluding hydrogens is 308 g/mol. The maximum absolute atomic E-state index is 12.4. The lowest BCUT2D eigenvalue weighted by Gasteiger charge is -2.09. The number of H-pyrrole nitrogens is 1. The van der Waals surface area contributed by atoms with Crippen molar-refractivity contribution < 1.29 is 19.1 Å². The normalized spacial score (nSPS) is 10.4. The van der Waals surface area contributed by atoms with Crippen molar-refractivity contribution in [1.82, 2.24) is 4.98 Å². The molecular formula is C18H16N2O4. The molecule has 3 rings (SSSR count). The molecule has 0 atom stereocenters. The molecule has 0 spiro atoms. The molecule has 0 aliphatic rings. The first-order chi connectivity index (χ1) is 11.6. The molecule has 1 heterocycles. The third-order valence-corrected chi connectivity index (χ3v) is 3.65. The number of benzene rings is 2. The molecule has 2 aromatic carbocycles. The molecule has 1 amide bonds. The standard InChI is InChI=1S/C18H16N2O4/c1-23-12-7-11(8-13(9-12)24-2)20-18(22)17(21)15-10-19-16-6-4-3-5-14(15)16/h3-10,19H,1-2H3,(H,20,22). The molecule has 0 unspecified atom stereocenters. The van der Waals surface area contributed by atoms with Crippen LogP contribution in [0, 0.1) is 0 Å². The zero-order valence-corrected chi connectivity index (χ0v) is 13.3. The van der Waals surface area contributed by atoms with Crippen molar-refractivity contribution in [2.45, 2.75) is 0 Å². The number of aromatic amines is 1. The van der Waals surface area contributed by atoms with Crippen LogP contribution in [0.2, 0.25) is 0 Å². The number of rotatable bonds is 5. The molecule has 0 aliphatic carbocycles. The first kappa shape index (κ1) is 15.6. The van der Waals surface area contributed by atoms with Crippen LogP contribution in [-0.2, 0) is 4.79 Å². The van der Waals surface area contributed by atoms with Crippen molar-refractivity contribution >= 4 is 28.3 Å². The summed E-state index contributed by atoms with van der Waals surface area (Å²) in [7, 11) is 3.02. The van der Waals surface area contributed by atoms with E-state index in [1.807, 2.05) is 18.2 Å². The van der Waals surface area contributed by atoms with E-state index in [0.717, 1.165) is 5.52 Å². The van der Waals surface area contributed by atoms with Crippen LogP contribution in [0.25, 0.3) is 10.9 Å². The number of amides is 1. The molecule has 0 aliphatic heterocycles. The fraction of sp³-hybridized carbons (Fsp3) is 0.111. The van der Waals surface area contributed by atoms with Crippen LogP contribution in [0.4, 0.5) is 5.69 Å². The summed E-state index contributed by atoms with van der Waals surface area (Å²) in [6.45, 7) is 0. The lowest BCUT2D eigenvalue weighted by molar-refractivity contribution is -0.112. The number of carbonyl (C=O) groups is 2.